The molecule has 0 spiro atoms. The maximum atomic E-state index is 12.6. The standard InChI is InChI=1S/C88H175NO5/c1-3-5-7-9-11-13-15-17-19-21-22-42-45-49-52-56-60-64-68-72-76-80-86(91)85(84-90)89-87(92)81-77-73-69-65-61-57-53-50-46-43-40-38-36-34-32-30-28-26-24-23-25-27-29-31-33-35-37-39-41-44-47-51-55-59-63-67-71-75-79-83-94-88(93)82-78-74-70-66-62-58-54-48-20-18-16-14-12-10-8-6-4-2/h85-86,90-91H,3-84H2,1-2H3,(H,89,92). The van der Waals surface area contributed by atoms with Crippen molar-refractivity contribution in [2.75, 3.05) is 13.2 Å². The third-order valence-corrected chi connectivity index (χ3v) is 21.4. The molecule has 6 heteroatoms. The first kappa shape index (κ1) is 92.9. The van der Waals surface area contributed by atoms with Crippen LogP contribution in [-0.4, -0.2) is 47.4 Å². The van der Waals surface area contributed by atoms with Gasteiger partial charge in [-0.25, -0.2) is 0 Å². The molecule has 0 aromatic heterocycles. The lowest BCUT2D eigenvalue weighted by Gasteiger charge is -2.22. The molecular formula is C88H175NO5. The lowest BCUT2D eigenvalue weighted by atomic mass is 10.0. The molecule has 0 aliphatic carbocycles. The molecule has 0 aliphatic heterocycles. The number of unbranched alkanes of at least 4 members (excludes halogenated alkanes) is 74. The average molecular weight is 1330 g/mol. The Hall–Kier alpha value is -1.14. The molecule has 3 N–H and O–H groups in total. The molecule has 0 aromatic rings. The third-order valence-electron chi connectivity index (χ3n) is 21.4. The van der Waals surface area contributed by atoms with E-state index >= 15 is 0 Å². The van der Waals surface area contributed by atoms with Crippen molar-refractivity contribution < 1.29 is 24.5 Å². The van der Waals surface area contributed by atoms with Gasteiger partial charge >= 0.3 is 5.97 Å². The van der Waals surface area contributed by atoms with Crippen molar-refractivity contribution in [2.24, 2.45) is 0 Å². The molecule has 0 saturated carbocycles. The second-order valence-corrected chi connectivity index (χ2v) is 30.9. The first-order chi connectivity index (χ1) is 46.5. The smallest absolute Gasteiger partial charge is 0.305 e. The van der Waals surface area contributed by atoms with Gasteiger partial charge in [0.05, 0.1) is 25.4 Å². The highest BCUT2D eigenvalue weighted by atomic mass is 16.5. The molecule has 6 nitrogen and oxygen atoms in total. The topological polar surface area (TPSA) is 95.9 Å². The Morgan fingerprint density at radius 2 is 0.436 bits per heavy atom. The third kappa shape index (κ3) is 79.8. The number of hydrogen-bond acceptors (Lipinski definition) is 5. The quantitative estimate of drug-likeness (QED) is 0.0417. The number of nitrogens with one attached hydrogen (secondary N) is 1. The predicted octanol–water partition coefficient (Wildman–Crippen LogP) is 29.6. The van der Waals surface area contributed by atoms with Crippen LogP contribution < -0.4 is 5.32 Å². The van der Waals surface area contributed by atoms with E-state index in [4.69, 9.17) is 4.74 Å². The van der Waals surface area contributed by atoms with E-state index in [2.05, 4.69) is 19.2 Å². The zero-order valence-electron chi connectivity index (χ0n) is 64.8. The Morgan fingerprint density at radius 3 is 0.649 bits per heavy atom. The minimum absolute atomic E-state index is 0.0223. The molecule has 1 amide bonds. The summed E-state index contributed by atoms with van der Waals surface area (Å²) in [5, 5.41) is 23.5. The van der Waals surface area contributed by atoms with E-state index in [1.165, 1.54) is 456 Å². The molecule has 94 heavy (non-hydrogen) atoms. The zero-order chi connectivity index (χ0) is 67.7. The van der Waals surface area contributed by atoms with E-state index in [9.17, 15) is 19.8 Å². The minimum atomic E-state index is -0.660. The van der Waals surface area contributed by atoms with Crippen molar-refractivity contribution in [2.45, 2.75) is 540 Å². The maximum Gasteiger partial charge on any atom is 0.305 e. The molecule has 0 radical (unpaired) electrons. The SMILES string of the molecule is CCCCCCCCCCCCCCCCCCCCCCCC(O)C(CO)NC(=O)CCCCCCCCCCCCCCCCCCCCCCCCCCCCCCCCCCCCCCCCCOC(=O)CCCCCCCCCCCCCCCCCCC. The molecule has 0 bridgehead atoms. The number of hydrogen-bond donors (Lipinski definition) is 3. The first-order valence-corrected chi connectivity index (χ1v) is 44.3. The Bertz CT molecular complexity index is 1390. The Kier molecular flexibility index (Phi) is 83.3. The fourth-order valence-electron chi connectivity index (χ4n) is 14.7. The summed E-state index contributed by atoms with van der Waals surface area (Å²) in [6, 6.07) is -0.537. The predicted molar refractivity (Wildman–Crippen MR) is 417 cm³/mol. The van der Waals surface area contributed by atoms with Gasteiger partial charge in [-0.3, -0.25) is 9.59 Å². The number of aliphatic hydroxyl groups is 2. The molecule has 0 rings (SSSR count). The van der Waals surface area contributed by atoms with Crippen LogP contribution in [0.4, 0.5) is 0 Å². The number of amides is 1. The van der Waals surface area contributed by atoms with Gasteiger partial charge in [-0.1, -0.05) is 489 Å². The number of ether oxygens (including phenoxy) is 1. The number of carbonyl (C=O) groups excluding carboxylic acids is 2. The van der Waals surface area contributed by atoms with Crippen molar-refractivity contribution in [3.05, 3.63) is 0 Å². The van der Waals surface area contributed by atoms with Gasteiger partial charge in [0, 0.05) is 12.8 Å². The van der Waals surface area contributed by atoms with Gasteiger partial charge in [-0.05, 0) is 25.7 Å². The molecule has 0 fully saturated rings. The fraction of sp³-hybridized carbons (Fsp3) is 0.977. The van der Waals surface area contributed by atoms with Gasteiger partial charge in [-0.15, -0.1) is 0 Å². The second-order valence-electron chi connectivity index (χ2n) is 30.9. The molecule has 562 valence electrons. The molecule has 0 aliphatic rings. The zero-order valence-corrected chi connectivity index (χ0v) is 64.8. The van der Waals surface area contributed by atoms with E-state index in [0.717, 1.165) is 38.5 Å². The highest BCUT2D eigenvalue weighted by molar-refractivity contribution is 5.76. The maximum absolute atomic E-state index is 12.6. The van der Waals surface area contributed by atoms with Crippen molar-refractivity contribution >= 4 is 11.9 Å². The van der Waals surface area contributed by atoms with Crippen LogP contribution in [0.2, 0.25) is 0 Å². The molecule has 0 saturated heterocycles. The largest absolute Gasteiger partial charge is 0.466 e. The van der Waals surface area contributed by atoms with Crippen molar-refractivity contribution in [3.63, 3.8) is 0 Å². The van der Waals surface area contributed by atoms with Crippen LogP contribution >= 0.6 is 0 Å². The van der Waals surface area contributed by atoms with E-state index < -0.39 is 12.1 Å². The Morgan fingerprint density at radius 1 is 0.255 bits per heavy atom. The number of rotatable bonds is 85. The molecule has 0 heterocycles. The molecule has 2 unspecified atom stereocenters. The van der Waals surface area contributed by atoms with Gasteiger partial charge in [0.1, 0.15) is 0 Å². The van der Waals surface area contributed by atoms with E-state index in [1.807, 2.05) is 0 Å². The summed E-state index contributed by atoms with van der Waals surface area (Å²) in [7, 11) is 0. The van der Waals surface area contributed by atoms with Gasteiger partial charge in [0.15, 0.2) is 0 Å². The van der Waals surface area contributed by atoms with E-state index in [0.29, 0.717) is 25.9 Å². The Labute approximate surface area is 591 Å². The van der Waals surface area contributed by atoms with Crippen molar-refractivity contribution in [1.29, 1.82) is 0 Å². The van der Waals surface area contributed by atoms with Gasteiger partial charge in [0.25, 0.3) is 0 Å². The summed E-state index contributed by atoms with van der Waals surface area (Å²) >= 11 is 0. The summed E-state index contributed by atoms with van der Waals surface area (Å²) in [5.41, 5.74) is 0. The summed E-state index contributed by atoms with van der Waals surface area (Å²) in [6.45, 7) is 5.03. The van der Waals surface area contributed by atoms with E-state index in [-0.39, 0.29) is 18.5 Å². The van der Waals surface area contributed by atoms with Crippen LogP contribution in [0, 0.1) is 0 Å². The average Bonchev–Trinajstić information content (AvgIpc) is 3.74. The van der Waals surface area contributed by atoms with Crippen LogP contribution in [0.3, 0.4) is 0 Å². The summed E-state index contributed by atoms with van der Waals surface area (Å²) in [6.07, 6.45) is 107. The number of aliphatic hydroxyl groups excluding tert-OH is 2. The van der Waals surface area contributed by atoms with Crippen LogP contribution in [0.5, 0.6) is 0 Å². The lowest BCUT2D eigenvalue weighted by Crippen LogP contribution is -2.45. The highest BCUT2D eigenvalue weighted by Crippen LogP contribution is 2.22. The first-order valence-electron chi connectivity index (χ1n) is 44.3. The van der Waals surface area contributed by atoms with Crippen LogP contribution in [0.25, 0.3) is 0 Å². The van der Waals surface area contributed by atoms with Gasteiger partial charge < -0.3 is 20.3 Å². The van der Waals surface area contributed by atoms with Crippen molar-refractivity contribution in [1.82, 2.24) is 5.32 Å². The van der Waals surface area contributed by atoms with Gasteiger partial charge in [0.2, 0.25) is 5.91 Å². The second kappa shape index (κ2) is 84.3. The monoisotopic (exact) mass is 1330 g/mol. The lowest BCUT2D eigenvalue weighted by molar-refractivity contribution is -0.143. The summed E-state index contributed by atoms with van der Waals surface area (Å²) < 4.78 is 5.52. The van der Waals surface area contributed by atoms with Gasteiger partial charge in [-0.2, -0.15) is 0 Å². The normalized spacial score (nSPS) is 12.3. The number of carbonyl (C=O) groups is 2. The van der Waals surface area contributed by atoms with Crippen LogP contribution in [0.15, 0.2) is 0 Å². The van der Waals surface area contributed by atoms with Crippen LogP contribution in [-0.2, 0) is 14.3 Å². The Balaban J connectivity index is 3.28. The van der Waals surface area contributed by atoms with Crippen LogP contribution in [0.1, 0.15) is 528 Å². The minimum Gasteiger partial charge on any atom is -0.466 e. The fourth-order valence-corrected chi connectivity index (χ4v) is 14.7. The molecular weight excluding hydrogens is 1150 g/mol. The van der Waals surface area contributed by atoms with E-state index in [1.54, 1.807) is 0 Å². The van der Waals surface area contributed by atoms with Crippen molar-refractivity contribution in [3.8, 4) is 0 Å². The molecule has 2 atom stereocenters. The highest BCUT2D eigenvalue weighted by Gasteiger charge is 2.20. The summed E-state index contributed by atoms with van der Waals surface area (Å²) in [5.74, 6) is 0.00742. The summed E-state index contributed by atoms with van der Waals surface area (Å²) in [4.78, 5) is 24.7. The number of esters is 1. The molecule has 0 aromatic carbocycles.